The van der Waals surface area contributed by atoms with Gasteiger partial charge in [-0.1, -0.05) is 19.4 Å². The Bertz CT molecular complexity index is 123. The molecule has 52 valence electrons. The Labute approximate surface area is 56.5 Å². The molecule has 0 fully saturated rings. The molecule has 0 aliphatic carbocycles. The third-order valence-electron chi connectivity index (χ3n) is 1.27. The maximum absolute atomic E-state index is 5.04. The third-order valence-corrected chi connectivity index (χ3v) is 1.27. The van der Waals surface area contributed by atoms with Crippen molar-refractivity contribution in [1.82, 2.24) is 0 Å². The molecule has 0 atom stereocenters. The van der Waals surface area contributed by atoms with Crippen LogP contribution in [0.25, 0.3) is 0 Å². The summed E-state index contributed by atoms with van der Waals surface area (Å²) in [5.74, 6) is 0.564. The van der Waals surface area contributed by atoms with E-state index in [1.165, 1.54) is 11.9 Å². The SMILES string of the molecule is C/C(=C\N=C/N)C(C)C. The number of nitrogens with zero attached hydrogens (tertiary/aromatic N) is 1. The molecule has 0 aliphatic rings. The van der Waals surface area contributed by atoms with Gasteiger partial charge in [0.05, 0.1) is 6.34 Å². The lowest BCUT2D eigenvalue weighted by atomic mass is 10.1. The van der Waals surface area contributed by atoms with E-state index in [2.05, 4.69) is 18.8 Å². The van der Waals surface area contributed by atoms with Crippen molar-refractivity contribution >= 4 is 6.34 Å². The van der Waals surface area contributed by atoms with Gasteiger partial charge in [-0.2, -0.15) is 0 Å². The average molecular weight is 126 g/mol. The number of hydrogen-bond donors (Lipinski definition) is 1. The zero-order chi connectivity index (χ0) is 7.28. The van der Waals surface area contributed by atoms with Crippen LogP contribution in [0.4, 0.5) is 0 Å². The number of aliphatic imine (C=N–C) groups is 1. The average Bonchev–Trinajstić information content (AvgIpc) is 1.82. The molecule has 0 aromatic heterocycles. The van der Waals surface area contributed by atoms with Crippen LogP contribution < -0.4 is 5.73 Å². The van der Waals surface area contributed by atoms with Crippen LogP contribution in [-0.4, -0.2) is 6.34 Å². The summed E-state index contributed by atoms with van der Waals surface area (Å²) in [6, 6.07) is 0. The fourth-order valence-corrected chi connectivity index (χ4v) is 0.310. The highest BCUT2D eigenvalue weighted by molar-refractivity contribution is 5.52. The van der Waals surface area contributed by atoms with E-state index in [-0.39, 0.29) is 0 Å². The first-order valence-electron chi connectivity index (χ1n) is 3.08. The van der Waals surface area contributed by atoms with Crippen LogP contribution in [0.1, 0.15) is 20.8 Å². The van der Waals surface area contributed by atoms with Gasteiger partial charge < -0.3 is 5.73 Å². The van der Waals surface area contributed by atoms with Gasteiger partial charge >= 0.3 is 0 Å². The van der Waals surface area contributed by atoms with E-state index in [9.17, 15) is 0 Å². The van der Waals surface area contributed by atoms with Crippen LogP contribution >= 0.6 is 0 Å². The fourth-order valence-electron chi connectivity index (χ4n) is 0.310. The molecule has 0 unspecified atom stereocenters. The molecule has 0 saturated carbocycles. The quantitative estimate of drug-likeness (QED) is 0.442. The minimum atomic E-state index is 0.564. The highest BCUT2D eigenvalue weighted by Gasteiger charge is 1.92. The molecule has 0 amide bonds. The van der Waals surface area contributed by atoms with Crippen molar-refractivity contribution in [3.8, 4) is 0 Å². The molecule has 0 aromatic rings. The Hall–Kier alpha value is -0.790. The third kappa shape index (κ3) is 3.76. The lowest BCUT2D eigenvalue weighted by Crippen LogP contribution is -1.89. The molecule has 0 radical (unpaired) electrons. The highest BCUT2D eigenvalue weighted by atomic mass is 14.8. The largest absolute Gasteiger partial charge is 0.390 e. The summed E-state index contributed by atoms with van der Waals surface area (Å²) < 4.78 is 0. The van der Waals surface area contributed by atoms with E-state index in [0.717, 1.165) is 0 Å². The Balaban J connectivity index is 3.84. The monoisotopic (exact) mass is 126 g/mol. The zero-order valence-electron chi connectivity index (χ0n) is 6.26. The molecule has 0 rings (SSSR count). The van der Waals surface area contributed by atoms with Crippen molar-refractivity contribution in [2.45, 2.75) is 20.8 Å². The first kappa shape index (κ1) is 8.21. The van der Waals surface area contributed by atoms with E-state index in [4.69, 9.17) is 5.73 Å². The fraction of sp³-hybridized carbons (Fsp3) is 0.571. The van der Waals surface area contributed by atoms with Crippen molar-refractivity contribution < 1.29 is 0 Å². The van der Waals surface area contributed by atoms with Crippen LogP contribution in [0.5, 0.6) is 0 Å². The predicted octanol–water partition coefficient (Wildman–Crippen LogP) is 1.53. The molecular formula is C7H14N2. The Morgan fingerprint density at radius 1 is 1.56 bits per heavy atom. The molecule has 0 bridgehead atoms. The van der Waals surface area contributed by atoms with E-state index in [1.54, 1.807) is 6.20 Å². The molecular weight excluding hydrogens is 112 g/mol. The summed E-state index contributed by atoms with van der Waals surface area (Å²) in [6.07, 6.45) is 3.08. The van der Waals surface area contributed by atoms with Gasteiger partial charge in [-0.05, 0) is 12.8 Å². The first-order valence-corrected chi connectivity index (χ1v) is 3.08. The Morgan fingerprint density at radius 3 is 2.44 bits per heavy atom. The maximum atomic E-state index is 5.04. The van der Waals surface area contributed by atoms with Crippen molar-refractivity contribution in [1.29, 1.82) is 0 Å². The molecule has 2 heteroatoms. The summed E-state index contributed by atoms with van der Waals surface area (Å²) in [4.78, 5) is 3.78. The smallest absolute Gasteiger partial charge is 0.0852 e. The van der Waals surface area contributed by atoms with Gasteiger partial charge in [-0.15, -0.1) is 0 Å². The van der Waals surface area contributed by atoms with Gasteiger partial charge in [0.15, 0.2) is 0 Å². The lowest BCUT2D eigenvalue weighted by Gasteiger charge is -2.00. The Morgan fingerprint density at radius 2 is 2.11 bits per heavy atom. The summed E-state index contributed by atoms with van der Waals surface area (Å²) in [5, 5.41) is 0. The molecule has 9 heavy (non-hydrogen) atoms. The van der Waals surface area contributed by atoms with Crippen molar-refractivity contribution in [2.24, 2.45) is 16.6 Å². The molecule has 0 aromatic carbocycles. The normalized spacial score (nSPS) is 13.6. The lowest BCUT2D eigenvalue weighted by molar-refractivity contribution is 0.766. The van der Waals surface area contributed by atoms with Crippen LogP contribution in [0.15, 0.2) is 16.8 Å². The van der Waals surface area contributed by atoms with Gasteiger partial charge in [-0.25, -0.2) is 4.99 Å². The predicted molar refractivity (Wildman–Crippen MR) is 41.3 cm³/mol. The van der Waals surface area contributed by atoms with E-state index in [0.29, 0.717) is 5.92 Å². The molecule has 0 heterocycles. The number of allylic oxidation sites excluding steroid dienone is 1. The zero-order valence-corrected chi connectivity index (χ0v) is 6.26. The minimum Gasteiger partial charge on any atom is -0.390 e. The number of hydrogen-bond acceptors (Lipinski definition) is 1. The minimum absolute atomic E-state index is 0.564. The van der Waals surface area contributed by atoms with Gasteiger partial charge in [0.25, 0.3) is 0 Å². The van der Waals surface area contributed by atoms with Crippen molar-refractivity contribution in [3.63, 3.8) is 0 Å². The van der Waals surface area contributed by atoms with Gasteiger partial charge in [0.2, 0.25) is 0 Å². The highest BCUT2D eigenvalue weighted by Crippen LogP contribution is 2.06. The topological polar surface area (TPSA) is 38.4 Å². The number of rotatable bonds is 2. The number of nitrogens with two attached hydrogens (primary N) is 1. The summed E-state index contributed by atoms with van der Waals surface area (Å²) in [6.45, 7) is 6.29. The van der Waals surface area contributed by atoms with E-state index in [1.807, 2.05) is 6.92 Å². The van der Waals surface area contributed by atoms with E-state index >= 15 is 0 Å². The summed E-state index contributed by atoms with van der Waals surface area (Å²) >= 11 is 0. The first-order chi connectivity index (χ1) is 4.18. The van der Waals surface area contributed by atoms with Crippen LogP contribution in [0.3, 0.4) is 0 Å². The second-order valence-electron chi connectivity index (χ2n) is 2.33. The van der Waals surface area contributed by atoms with Crippen molar-refractivity contribution in [3.05, 3.63) is 11.8 Å². The second kappa shape index (κ2) is 4.13. The molecule has 0 saturated heterocycles. The standard InChI is InChI=1S/C7H14N2/c1-6(2)7(3)4-9-5-8/h4-6H,1-3H3,(H2,8,9)/b7-4+. The molecule has 2 N–H and O–H groups in total. The maximum Gasteiger partial charge on any atom is 0.0852 e. The molecule has 0 spiro atoms. The molecule has 2 nitrogen and oxygen atoms in total. The van der Waals surface area contributed by atoms with Crippen molar-refractivity contribution in [2.75, 3.05) is 0 Å². The van der Waals surface area contributed by atoms with Gasteiger partial charge in [-0.3, -0.25) is 0 Å². The van der Waals surface area contributed by atoms with Crippen LogP contribution in [0, 0.1) is 5.92 Å². The van der Waals surface area contributed by atoms with Crippen LogP contribution in [-0.2, 0) is 0 Å². The van der Waals surface area contributed by atoms with E-state index < -0.39 is 0 Å². The van der Waals surface area contributed by atoms with Gasteiger partial charge in [0.1, 0.15) is 0 Å². The Kier molecular flexibility index (Phi) is 3.76. The summed E-state index contributed by atoms with van der Waals surface area (Å²) in [5.41, 5.74) is 6.29. The molecule has 0 aliphatic heterocycles. The van der Waals surface area contributed by atoms with Gasteiger partial charge in [0, 0.05) is 6.20 Å². The van der Waals surface area contributed by atoms with Crippen LogP contribution in [0.2, 0.25) is 0 Å². The summed E-state index contributed by atoms with van der Waals surface area (Å²) in [7, 11) is 0. The second-order valence-corrected chi connectivity index (χ2v) is 2.33.